The molecule has 0 saturated heterocycles. The first-order valence-corrected chi connectivity index (χ1v) is 6.72. The van der Waals surface area contributed by atoms with Gasteiger partial charge in [0.15, 0.2) is 5.76 Å². The van der Waals surface area contributed by atoms with Gasteiger partial charge in [-0.25, -0.2) is 0 Å². The highest BCUT2D eigenvalue weighted by Gasteiger charge is 2.09. The van der Waals surface area contributed by atoms with E-state index in [4.69, 9.17) is 4.52 Å². The Labute approximate surface area is 99.1 Å². The van der Waals surface area contributed by atoms with Crippen LogP contribution in [0.1, 0.15) is 5.76 Å². The van der Waals surface area contributed by atoms with Crippen LogP contribution in [0.25, 0.3) is 11.3 Å². The average Bonchev–Trinajstić information content (AvgIpc) is 2.75. The van der Waals surface area contributed by atoms with Gasteiger partial charge in [-0.05, 0) is 0 Å². The maximum absolute atomic E-state index is 10.8. The summed E-state index contributed by atoms with van der Waals surface area (Å²) in [5.41, 5.74) is 1.56. The Kier molecular flexibility index (Phi) is 3.26. The van der Waals surface area contributed by atoms with Gasteiger partial charge in [-0.15, -0.1) is 0 Å². The zero-order valence-electron chi connectivity index (χ0n) is 9.16. The smallest absolute Gasteiger partial charge is 0.264 e. The molecule has 5 nitrogen and oxygen atoms in total. The van der Waals surface area contributed by atoms with Gasteiger partial charge in [0, 0.05) is 11.6 Å². The van der Waals surface area contributed by atoms with Crippen molar-refractivity contribution in [2.45, 2.75) is 6.61 Å². The molecule has 0 N–H and O–H groups in total. The maximum atomic E-state index is 10.8. The van der Waals surface area contributed by atoms with E-state index in [0.717, 1.165) is 11.8 Å². The molecule has 2 aromatic rings. The molecule has 0 aliphatic heterocycles. The molecule has 0 spiro atoms. The van der Waals surface area contributed by atoms with Crippen molar-refractivity contribution < 1.29 is 17.1 Å². The van der Waals surface area contributed by atoms with E-state index in [-0.39, 0.29) is 6.61 Å². The molecule has 1 aromatic heterocycles. The number of nitrogens with zero attached hydrogens (tertiary/aromatic N) is 1. The highest BCUT2D eigenvalue weighted by Crippen LogP contribution is 2.19. The van der Waals surface area contributed by atoms with Crippen molar-refractivity contribution >= 4 is 10.1 Å². The van der Waals surface area contributed by atoms with Crippen molar-refractivity contribution in [3.05, 3.63) is 42.2 Å². The van der Waals surface area contributed by atoms with Gasteiger partial charge in [0.2, 0.25) is 0 Å². The van der Waals surface area contributed by atoms with Crippen LogP contribution in [-0.2, 0) is 20.9 Å². The van der Waals surface area contributed by atoms with Crippen molar-refractivity contribution in [3.8, 4) is 11.3 Å². The lowest BCUT2D eigenvalue weighted by atomic mass is 10.1. The topological polar surface area (TPSA) is 69.4 Å². The minimum absolute atomic E-state index is 0.140. The first-order valence-electron chi connectivity index (χ1n) is 4.90. The number of hydrogen-bond donors (Lipinski definition) is 0. The van der Waals surface area contributed by atoms with Crippen LogP contribution >= 0.6 is 0 Å². The van der Waals surface area contributed by atoms with E-state index in [0.29, 0.717) is 11.5 Å². The average molecular weight is 253 g/mol. The Balaban J connectivity index is 2.12. The summed E-state index contributed by atoms with van der Waals surface area (Å²) in [5.74, 6) is 0.370. The lowest BCUT2D eigenvalue weighted by Gasteiger charge is -1.95. The first kappa shape index (κ1) is 11.8. The summed E-state index contributed by atoms with van der Waals surface area (Å²) in [6.45, 7) is -0.140. The largest absolute Gasteiger partial charge is 0.358 e. The van der Waals surface area contributed by atoms with Crippen molar-refractivity contribution in [1.29, 1.82) is 0 Å². The fraction of sp³-hybridized carbons (Fsp3) is 0.182. The van der Waals surface area contributed by atoms with E-state index >= 15 is 0 Å². The zero-order valence-corrected chi connectivity index (χ0v) is 9.98. The van der Waals surface area contributed by atoms with Gasteiger partial charge in [-0.3, -0.25) is 4.18 Å². The zero-order chi connectivity index (χ0) is 12.3. The van der Waals surface area contributed by atoms with Crippen molar-refractivity contribution in [2.75, 3.05) is 6.26 Å². The molecular formula is C11H11NO4S. The molecule has 0 saturated carbocycles. The molecule has 90 valence electrons. The molecule has 0 atom stereocenters. The fourth-order valence-electron chi connectivity index (χ4n) is 1.29. The summed E-state index contributed by atoms with van der Waals surface area (Å²) in [6, 6.07) is 11.1. The van der Waals surface area contributed by atoms with E-state index in [2.05, 4.69) is 9.34 Å². The Bertz CT molecular complexity index is 589. The van der Waals surface area contributed by atoms with Crippen molar-refractivity contribution in [1.82, 2.24) is 5.16 Å². The van der Waals surface area contributed by atoms with E-state index in [1.54, 1.807) is 6.07 Å². The molecule has 0 radical (unpaired) electrons. The molecule has 0 bridgehead atoms. The summed E-state index contributed by atoms with van der Waals surface area (Å²) >= 11 is 0. The van der Waals surface area contributed by atoms with Crippen LogP contribution in [0.2, 0.25) is 0 Å². The van der Waals surface area contributed by atoms with Crippen LogP contribution in [0.15, 0.2) is 40.9 Å². The molecule has 0 fully saturated rings. The molecule has 1 heterocycles. The molecule has 0 amide bonds. The standard InChI is InChI=1S/C11H11NO4S/c1-17(13,14)15-8-10-7-11(12-16-10)9-5-3-2-4-6-9/h2-7H,8H2,1H3. The Morgan fingerprint density at radius 1 is 1.29 bits per heavy atom. The third-order valence-corrected chi connectivity index (χ3v) is 2.59. The Morgan fingerprint density at radius 2 is 2.00 bits per heavy atom. The fourth-order valence-corrected chi connectivity index (χ4v) is 1.62. The van der Waals surface area contributed by atoms with Gasteiger partial charge in [-0.2, -0.15) is 8.42 Å². The van der Waals surface area contributed by atoms with Gasteiger partial charge in [0.05, 0.1) is 6.26 Å². The van der Waals surface area contributed by atoms with Gasteiger partial charge in [0.25, 0.3) is 10.1 Å². The highest BCUT2D eigenvalue weighted by molar-refractivity contribution is 7.85. The normalized spacial score (nSPS) is 11.6. The van der Waals surface area contributed by atoms with Gasteiger partial charge in [0.1, 0.15) is 12.3 Å². The summed E-state index contributed by atoms with van der Waals surface area (Å²) in [4.78, 5) is 0. The van der Waals surface area contributed by atoms with Gasteiger partial charge >= 0.3 is 0 Å². The van der Waals surface area contributed by atoms with Crippen LogP contribution in [0.4, 0.5) is 0 Å². The summed E-state index contributed by atoms with van der Waals surface area (Å²) in [5, 5.41) is 3.84. The minimum atomic E-state index is -3.47. The minimum Gasteiger partial charge on any atom is -0.358 e. The molecule has 1 aromatic carbocycles. The van der Waals surface area contributed by atoms with E-state index in [1.807, 2.05) is 30.3 Å². The number of hydrogen-bond acceptors (Lipinski definition) is 5. The van der Waals surface area contributed by atoms with Crippen LogP contribution < -0.4 is 0 Å². The SMILES string of the molecule is CS(=O)(=O)OCc1cc(-c2ccccc2)no1. The molecule has 17 heavy (non-hydrogen) atoms. The Hall–Kier alpha value is -1.66. The second kappa shape index (κ2) is 4.68. The summed E-state index contributed by atoms with van der Waals surface area (Å²) < 4.78 is 31.2. The lowest BCUT2D eigenvalue weighted by Crippen LogP contribution is -2.01. The molecule has 6 heteroatoms. The lowest BCUT2D eigenvalue weighted by molar-refractivity contribution is 0.256. The van der Waals surface area contributed by atoms with Crippen LogP contribution in [-0.4, -0.2) is 19.8 Å². The van der Waals surface area contributed by atoms with E-state index in [9.17, 15) is 8.42 Å². The first-order chi connectivity index (χ1) is 8.04. The second-order valence-corrected chi connectivity index (χ2v) is 5.15. The highest BCUT2D eigenvalue weighted by atomic mass is 32.2. The van der Waals surface area contributed by atoms with Gasteiger partial charge in [-0.1, -0.05) is 35.5 Å². The predicted molar refractivity (Wildman–Crippen MR) is 61.6 cm³/mol. The van der Waals surface area contributed by atoms with Gasteiger partial charge < -0.3 is 4.52 Å². The van der Waals surface area contributed by atoms with E-state index < -0.39 is 10.1 Å². The van der Waals surface area contributed by atoms with Crippen LogP contribution in [0.5, 0.6) is 0 Å². The molecule has 0 unspecified atom stereocenters. The molecule has 0 aliphatic carbocycles. The third kappa shape index (κ3) is 3.40. The van der Waals surface area contributed by atoms with Crippen molar-refractivity contribution in [3.63, 3.8) is 0 Å². The van der Waals surface area contributed by atoms with Crippen LogP contribution in [0, 0.1) is 0 Å². The predicted octanol–water partition coefficient (Wildman–Crippen LogP) is 1.82. The summed E-state index contributed by atoms with van der Waals surface area (Å²) in [6.07, 6.45) is 0.988. The number of aromatic nitrogens is 1. The number of benzene rings is 1. The maximum Gasteiger partial charge on any atom is 0.264 e. The second-order valence-electron chi connectivity index (χ2n) is 3.51. The molecule has 2 rings (SSSR count). The Morgan fingerprint density at radius 3 is 2.65 bits per heavy atom. The number of rotatable bonds is 4. The molecule has 0 aliphatic rings. The quantitative estimate of drug-likeness (QED) is 0.777. The van der Waals surface area contributed by atoms with Crippen molar-refractivity contribution in [2.24, 2.45) is 0 Å². The monoisotopic (exact) mass is 253 g/mol. The molecular weight excluding hydrogens is 242 g/mol. The van der Waals surface area contributed by atoms with E-state index in [1.165, 1.54) is 0 Å². The third-order valence-electron chi connectivity index (χ3n) is 2.04. The summed E-state index contributed by atoms with van der Waals surface area (Å²) in [7, 11) is -3.47. The van der Waals surface area contributed by atoms with Crippen LogP contribution in [0.3, 0.4) is 0 Å².